The number of halogens is 1. The standard InChI is InChI=1S/C12H13FN2.C2H6/c1-3-8(2)12-7-14-10-5-4-9(13)6-11(10)15-12;1-2/h4-8H,3H2,1-2H3;1-2H3. The van der Waals surface area contributed by atoms with Crippen molar-refractivity contribution in [3.05, 3.63) is 35.9 Å². The van der Waals surface area contributed by atoms with Crippen LogP contribution in [0.4, 0.5) is 4.39 Å². The molecule has 1 heterocycles. The fraction of sp³-hybridized carbons (Fsp3) is 0.429. The number of benzene rings is 1. The van der Waals surface area contributed by atoms with Gasteiger partial charge in [-0.2, -0.15) is 0 Å². The van der Waals surface area contributed by atoms with Gasteiger partial charge >= 0.3 is 0 Å². The van der Waals surface area contributed by atoms with Gasteiger partial charge in [0.15, 0.2) is 0 Å². The molecule has 0 aliphatic rings. The minimum atomic E-state index is -0.266. The van der Waals surface area contributed by atoms with Gasteiger partial charge in [0.05, 0.1) is 16.7 Å². The number of aromatic nitrogens is 2. The van der Waals surface area contributed by atoms with Crippen molar-refractivity contribution in [3.63, 3.8) is 0 Å². The molecule has 17 heavy (non-hydrogen) atoms. The molecule has 0 spiro atoms. The molecular formula is C14H19FN2. The predicted molar refractivity (Wildman–Crippen MR) is 69.6 cm³/mol. The van der Waals surface area contributed by atoms with Gasteiger partial charge in [-0.25, -0.2) is 9.37 Å². The molecule has 0 N–H and O–H groups in total. The van der Waals surface area contributed by atoms with Crippen molar-refractivity contribution in [2.45, 2.75) is 40.0 Å². The van der Waals surface area contributed by atoms with Crippen LogP contribution < -0.4 is 0 Å². The molecule has 0 aliphatic heterocycles. The predicted octanol–water partition coefficient (Wildman–Crippen LogP) is 4.31. The van der Waals surface area contributed by atoms with E-state index in [4.69, 9.17) is 0 Å². The summed E-state index contributed by atoms with van der Waals surface area (Å²) >= 11 is 0. The second-order valence-corrected chi connectivity index (χ2v) is 3.74. The molecule has 3 heteroatoms. The maximum absolute atomic E-state index is 13.0. The molecule has 2 nitrogen and oxygen atoms in total. The van der Waals surface area contributed by atoms with E-state index < -0.39 is 0 Å². The molecule has 92 valence electrons. The SMILES string of the molecule is CC.CCC(C)c1cnc2ccc(F)cc2n1. The molecule has 0 saturated carbocycles. The Bertz CT molecular complexity index is 483. The van der Waals surface area contributed by atoms with E-state index in [2.05, 4.69) is 23.8 Å². The highest BCUT2D eigenvalue weighted by molar-refractivity contribution is 5.73. The van der Waals surface area contributed by atoms with E-state index in [-0.39, 0.29) is 5.82 Å². The number of hydrogen-bond donors (Lipinski definition) is 0. The van der Waals surface area contributed by atoms with E-state index in [1.807, 2.05) is 13.8 Å². The van der Waals surface area contributed by atoms with Gasteiger partial charge in [-0.3, -0.25) is 4.98 Å². The summed E-state index contributed by atoms with van der Waals surface area (Å²) in [6, 6.07) is 4.48. The summed E-state index contributed by atoms with van der Waals surface area (Å²) in [7, 11) is 0. The second-order valence-electron chi connectivity index (χ2n) is 3.74. The van der Waals surface area contributed by atoms with E-state index in [1.54, 1.807) is 12.3 Å². The number of hydrogen-bond acceptors (Lipinski definition) is 2. The molecule has 1 atom stereocenters. The van der Waals surface area contributed by atoms with Gasteiger partial charge in [-0.15, -0.1) is 0 Å². The highest BCUT2D eigenvalue weighted by Gasteiger charge is 2.06. The van der Waals surface area contributed by atoms with Gasteiger partial charge in [0.2, 0.25) is 0 Å². The normalized spacial score (nSPS) is 11.8. The van der Waals surface area contributed by atoms with Gasteiger partial charge < -0.3 is 0 Å². The lowest BCUT2D eigenvalue weighted by atomic mass is 10.1. The Labute approximate surface area is 102 Å². The summed E-state index contributed by atoms with van der Waals surface area (Å²) in [5.41, 5.74) is 2.30. The Morgan fingerprint density at radius 2 is 1.94 bits per heavy atom. The molecule has 0 aliphatic carbocycles. The fourth-order valence-electron chi connectivity index (χ4n) is 1.45. The van der Waals surface area contributed by atoms with Crippen molar-refractivity contribution in [1.82, 2.24) is 9.97 Å². The second kappa shape index (κ2) is 6.28. The van der Waals surface area contributed by atoms with Crippen LogP contribution >= 0.6 is 0 Å². The summed E-state index contributed by atoms with van der Waals surface area (Å²) in [6.45, 7) is 8.19. The van der Waals surface area contributed by atoms with Gasteiger partial charge in [-0.1, -0.05) is 27.7 Å². The molecule has 2 aromatic rings. The average Bonchev–Trinajstić information content (AvgIpc) is 2.39. The molecule has 0 fully saturated rings. The van der Waals surface area contributed by atoms with Crippen LogP contribution in [0.3, 0.4) is 0 Å². The van der Waals surface area contributed by atoms with Crippen molar-refractivity contribution in [2.24, 2.45) is 0 Å². The van der Waals surface area contributed by atoms with Crippen molar-refractivity contribution < 1.29 is 4.39 Å². The monoisotopic (exact) mass is 234 g/mol. The molecule has 1 unspecified atom stereocenters. The van der Waals surface area contributed by atoms with Crippen molar-refractivity contribution in [3.8, 4) is 0 Å². The first-order valence-corrected chi connectivity index (χ1v) is 6.13. The molecule has 0 saturated heterocycles. The number of nitrogens with zero attached hydrogens (tertiary/aromatic N) is 2. The summed E-state index contributed by atoms with van der Waals surface area (Å²) in [6.07, 6.45) is 2.78. The highest BCUT2D eigenvalue weighted by atomic mass is 19.1. The smallest absolute Gasteiger partial charge is 0.125 e. The lowest BCUT2D eigenvalue weighted by Crippen LogP contribution is -1.97. The topological polar surface area (TPSA) is 25.8 Å². The zero-order valence-corrected chi connectivity index (χ0v) is 10.9. The lowest BCUT2D eigenvalue weighted by molar-refractivity contribution is 0.629. The van der Waals surface area contributed by atoms with E-state index >= 15 is 0 Å². The van der Waals surface area contributed by atoms with E-state index in [0.717, 1.165) is 17.6 Å². The van der Waals surface area contributed by atoms with Crippen molar-refractivity contribution in [1.29, 1.82) is 0 Å². The first-order valence-electron chi connectivity index (χ1n) is 6.13. The van der Waals surface area contributed by atoms with Gasteiger partial charge in [0.25, 0.3) is 0 Å². The number of fused-ring (bicyclic) bond motifs is 1. The Hall–Kier alpha value is -1.51. The lowest BCUT2D eigenvalue weighted by Gasteiger charge is -2.07. The Morgan fingerprint density at radius 3 is 2.59 bits per heavy atom. The quantitative estimate of drug-likeness (QED) is 0.773. The third-order valence-corrected chi connectivity index (χ3v) is 2.64. The van der Waals surface area contributed by atoms with E-state index in [9.17, 15) is 4.39 Å². The third-order valence-electron chi connectivity index (χ3n) is 2.64. The van der Waals surface area contributed by atoms with Crippen molar-refractivity contribution in [2.75, 3.05) is 0 Å². The molecule has 1 aromatic heterocycles. The summed E-state index contributed by atoms with van der Waals surface area (Å²) in [5, 5.41) is 0. The number of rotatable bonds is 2. The summed E-state index contributed by atoms with van der Waals surface area (Å²) in [4.78, 5) is 8.67. The molecule has 0 bridgehead atoms. The van der Waals surface area contributed by atoms with Crippen LogP contribution in [0.15, 0.2) is 24.4 Å². The minimum Gasteiger partial charge on any atom is -0.253 e. The zero-order valence-electron chi connectivity index (χ0n) is 10.9. The largest absolute Gasteiger partial charge is 0.253 e. The van der Waals surface area contributed by atoms with E-state index in [0.29, 0.717) is 11.4 Å². The zero-order chi connectivity index (χ0) is 12.8. The Balaban J connectivity index is 0.000000686. The Morgan fingerprint density at radius 1 is 1.24 bits per heavy atom. The van der Waals surface area contributed by atoms with Crippen LogP contribution in [0.2, 0.25) is 0 Å². The molecule has 1 aromatic carbocycles. The maximum Gasteiger partial charge on any atom is 0.125 e. The average molecular weight is 234 g/mol. The first kappa shape index (κ1) is 13.6. The van der Waals surface area contributed by atoms with Crippen LogP contribution in [-0.2, 0) is 0 Å². The van der Waals surface area contributed by atoms with Crippen molar-refractivity contribution >= 4 is 11.0 Å². The summed E-state index contributed by atoms with van der Waals surface area (Å²) in [5.74, 6) is 0.100. The van der Waals surface area contributed by atoms with Crippen LogP contribution in [0.5, 0.6) is 0 Å². The minimum absolute atomic E-state index is 0.266. The van der Waals surface area contributed by atoms with E-state index in [1.165, 1.54) is 12.1 Å². The maximum atomic E-state index is 13.0. The summed E-state index contributed by atoms with van der Waals surface area (Å²) < 4.78 is 13.0. The van der Waals surface area contributed by atoms with Crippen LogP contribution in [-0.4, -0.2) is 9.97 Å². The molecule has 2 rings (SSSR count). The third kappa shape index (κ3) is 3.22. The highest BCUT2D eigenvalue weighted by Crippen LogP contribution is 2.18. The van der Waals surface area contributed by atoms with Crippen LogP contribution in [0, 0.1) is 5.82 Å². The fourth-order valence-corrected chi connectivity index (χ4v) is 1.45. The van der Waals surface area contributed by atoms with Gasteiger partial charge in [0.1, 0.15) is 5.82 Å². The van der Waals surface area contributed by atoms with Crippen LogP contribution in [0.25, 0.3) is 11.0 Å². The Kier molecular flexibility index (Phi) is 5.01. The first-order chi connectivity index (χ1) is 8.20. The van der Waals surface area contributed by atoms with Gasteiger partial charge in [0, 0.05) is 12.3 Å². The van der Waals surface area contributed by atoms with Crippen LogP contribution in [0.1, 0.15) is 45.7 Å². The van der Waals surface area contributed by atoms with Gasteiger partial charge in [-0.05, 0) is 24.5 Å². The molecular weight excluding hydrogens is 215 g/mol. The molecule has 0 radical (unpaired) electrons. The molecule has 0 amide bonds.